The molecule has 2 heterocycles. The highest BCUT2D eigenvalue weighted by molar-refractivity contribution is 4.86. The normalized spacial score (nSPS) is 33.2. The van der Waals surface area contributed by atoms with E-state index >= 15 is 0 Å². The lowest BCUT2D eigenvalue weighted by atomic mass is 9.97. The highest BCUT2D eigenvalue weighted by Crippen LogP contribution is 2.20. The molecular formula is C16H32N2O. The van der Waals surface area contributed by atoms with Gasteiger partial charge in [-0.2, -0.15) is 0 Å². The summed E-state index contributed by atoms with van der Waals surface area (Å²) in [6, 6.07) is 1.41. The summed E-state index contributed by atoms with van der Waals surface area (Å²) in [4.78, 5) is 2.73. The SMILES string of the molecule is CCC1CN(CCC2CCCO2)C(CC(C)C)CN1. The molecule has 3 unspecified atom stereocenters. The van der Waals surface area contributed by atoms with Gasteiger partial charge in [-0.1, -0.05) is 20.8 Å². The first-order valence-corrected chi connectivity index (χ1v) is 8.28. The van der Waals surface area contributed by atoms with Crippen LogP contribution in [0.2, 0.25) is 0 Å². The van der Waals surface area contributed by atoms with E-state index < -0.39 is 0 Å². The maximum Gasteiger partial charge on any atom is 0.0588 e. The van der Waals surface area contributed by atoms with Crippen molar-refractivity contribution in [2.75, 3.05) is 26.2 Å². The van der Waals surface area contributed by atoms with Crippen molar-refractivity contribution in [1.82, 2.24) is 10.2 Å². The van der Waals surface area contributed by atoms with Gasteiger partial charge in [0.25, 0.3) is 0 Å². The third-order valence-corrected chi connectivity index (χ3v) is 4.61. The third kappa shape index (κ3) is 4.73. The highest BCUT2D eigenvalue weighted by Gasteiger charge is 2.28. The molecule has 0 aromatic heterocycles. The molecule has 3 atom stereocenters. The Bertz CT molecular complexity index is 251. The van der Waals surface area contributed by atoms with Gasteiger partial charge >= 0.3 is 0 Å². The van der Waals surface area contributed by atoms with Crippen molar-refractivity contribution >= 4 is 0 Å². The van der Waals surface area contributed by atoms with Crippen LogP contribution in [0.3, 0.4) is 0 Å². The molecule has 3 heteroatoms. The fourth-order valence-corrected chi connectivity index (χ4v) is 3.43. The molecule has 2 aliphatic rings. The van der Waals surface area contributed by atoms with E-state index in [9.17, 15) is 0 Å². The molecule has 112 valence electrons. The molecule has 0 spiro atoms. The molecule has 2 rings (SSSR count). The summed E-state index contributed by atoms with van der Waals surface area (Å²) in [6.07, 6.45) is 6.86. The van der Waals surface area contributed by atoms with Crippen LogP contribution in [-0.2, 0) is 4.74 Å². The molecule has 2 aliphatic heterocycles. The van der Waals surface area contributed by atoms with E-state index in [0.717, 1.165) is 18.6 Å². The van der Waals surface area contributed by atoms with Crippen LogP contribution in [0.4, 0.5) is 0 Å². The van der Waals surface area contributed by atoms with E-state index in [-0.39, 0.29) is 0 Å². The lowest BCUT2D eigenvalue weighted by molar-refractivity contribution is 0.0652. The molecule has 0 radical (unpaired) electrons. The second-order valence-corrected chi connectivity index (χ2v) is 6.72. The number of hydrogen-bond acceptors (Lipinski definition) is 3. The molecule has 1 N–H and O–H groups in total. The minimum absolute atomic E-state index is 0.537. The lowest BCUT2D eigenvalue weighted by Crippen LogP contribution is -2.56. The molecule has 0 aromatic carbocycles. The van der Waals surface area contributed by atoms with E-state index in [0.29, 0.717) is 12.1 Å². The van der Waals surface area contributed by atoms with E-state index in [2.05, 4.69) is 31.0 Å². The van der Waals surface area contributed by atoms with Gasteiger partial charge in [-0.15, -0.1) is 0 Å². The van der Waals surface area contributed by atoms with Crippen molar-refractivity contribution in [3.63, 3.8) is 0 Å². The minimum atomic E-state index is 0.537. The number of nitrogens with one attached hydrogen (secondary N) is 1. The van der Waals surface area contributed by atoms with E-state index in [1.807, 2.05) is 0 Å². The second-order valence-electron chi connectivity index (χ2n) is 6.72. The van der Waals surface area contributed by atoms with Crippen LogP contribution in [0.1, 0.15) is 52.9 Å². The Morgan fingerprint density at radius 3 is 2.84 bits per heavy atom. The van der Waals surface area contributed by atoms with Crippen LogP contribution >= 0.6 is 0 Å². The summed E-state index contributed by atoms with van der Waals surface area (Å²) in [5.41, 5.74) is 0. The van der Waals surface area contributed by atoms with Crippen molar-refractivity contribution in [2.24, 2.45) is 5.92 Å². The Kier molecular flexibility index (Phi) is 6.11. The Hall–Kier alpha value is -0.120. The summed E-state index contributed by atoms with van der Waals surface area (Å²) in [5, 5.41) is 3.71. The third-order valence-electron chi connectivity index (χ3n) is 4.61. The average Bonchev–Trinajstić information content (AvgIpc) is 2.90. The number of nitrogens with zero attached hydrogens (tertiary/aromatic N) is 1. The quantitative estimate of drug-likeness (QED) is 0.801. The molecule has 0 aromatic rings. The van der Waals surface area contributed by atoms with Gasteiger partial charge in [0.2, 0.25) is 0 Å². The Labute approximate surface area is 119 Å². The Balaban J connectivity index is 1.82. The van der Waals surface area contributed by atoms with Gasteiger partial charge in [0, 0.05) is 38.3 Å². The topological polar surface area (TPSA) is 24.5 Å². The number of ether oxygens (including phenoxy) is 1. The van der Waals surface area contributed by atoms with Crippen molar-refractivity contribution in [2.45, 2.75) is 71.1 Å². The molecule has 2 saturated heterocycles. The molecule has 0 aliphatic carbocycles. The fraction of sp³-hybridized carbons (Fsp3) is 1.00. The zero-order chi connectivity index (χ0) is 13.7. The monoisotopic (exact) mass is 268 g/mol. The maximum atomic E-state index is 5.77. The summed E-state index contributed by atoms with van der Waals surface area (Å²) in [7, 11) is 0. The van der Waals surface area contributed by atoms with E-state index in [1.54, 1.807) is 0 Å². The molecule has 0 bridgehead atoms. The van der Waals surface area contributed by atoms with Crippen molar-refractivity contribution < 1.29 is 4.74 Å². The van der Waals surface area contributed by atoms with E-state index in [1.165, 1.54) is 51.7 Å². The van der Waals surface area contributed by atoms with Crippen LogP contribution < -0.4 is 5.32 Å². The molecule has 3 nitrogen and oxygen atoms in total. The van der Waals surface area contributed by atoms with Gasteiger partial charge in [-0.05, 0) is 38.0 Å². The van der Waals surface area contributed by atoms with Crippen molar-refractivity contribution in [3.8, 4) is 0 Å². The van der Waals surface area contributed by atoms with Gasteiger partial charge < -0.3 is 10.1 Å². The predicted octanol–water partition coefficient (Wildman–Crippen LogP) is 2.65. The van der Waals surface area contributed by atoms with Gasteiger partial charge in [0.15, 0.2) is 0 Å². The fourth-order valence-electron chi connectivity index (χ4n) is 3.43. The van der Waals surface area contributed by atoms with Gasteiger partial charge in [0.1, 0.15) is 0 Å². The lowest BCUT2D eigenvalue weighted by Gasteiger charge is -2.41. The Morgan fingerprint density at radius 2 is 2.21 bits per heavy atom. The zero-order valence-corrected chi connectivity index (χ0v) is 13.0. The van der Waals surface area contributed by atoms with Crippen LogP contribution in [-0.4, -0.2) is 49.3 Å². The molecule has 2 fully saturated rings. The zero-order valence-electron chi connectivity index (χ0n) is 13.0. The largest absolute Gasteiger partial charge is 0.378 e. The van der Waals surface area contributed by atoms with Crippen LogP contribution in [0.5, 0.6) is 0 Å². The van der Waals surface area contributed by atoms with E-state index in [4.69, 9.17) is 4.74 Å². The first-order valence-electron chi connectivity index (χ1n) is 8.28. The second kappa shape index (κ2) is 7.61. The van der Waals surface area contributed by atoms with Crippen molar-refractivity contribution in [1.29, 1.82) is 0 Å². The average molecular weight is 268 g/mol. The molecule has 0 saturated carbocycles. The summed E-state index contributed by atoms with van der Waals surface area (Å²) >= 11 is 0. The van der Waals surface area contributed by atoms with Crippen molar-refractivity contribution in [3.05, 3.63) is 0 Å². The predicted molar refractivity (Wildman–Crippen MR) is 80.5 cm³/mol. The van der Waals surface area contributed by atoms with Crippen LogP contribution in [0, 0.1) is 5.92 Å². The minimum Gasteiger partial charge on any atom is -0.378 e. The summed E-state index contributed by atoms with van der Waals surface area (Å²) in [6.45, 7) is 11.6. The number of hydrogen-bond donors (Lipinski definition) is 1. The summed E-state index contributed by atoms with van der Waals surface area (Å²) in [5.74, 6) is 0.787. The molecule has 0 amide bonds. The first kappa shape index (κ1) is 15.3. The van der Waals surface area contributed by atoms with Gasteiger partial charge in [0.05, 0.1) is 6.10 Å². The highest BCUT2D eigenvalue weighted by atomic mass is 16.5. The standard InChI is InChI=1S/C16H32N2O/c1-4-14-12-18(8-7-16-6-5-9-19-16)15(11-17-14)10-13(2)3/h13-17H,4-12H2,1-3H3. The number of piperazine rings is 1. The smallest absolute Gasteiger partial charge is 0.0588 e. The van der Waals surface area contributed by atoms with Crippen LogP contribution in [0.15, 0.2) is 0 Å². The molecule has 19 heavy (non-hydrogen) atoms. The number of rotatable bonds is 6. The Morgan fingerprint density at radius 1 is 1.37 bits per heavy atom. The first-order chi connectivity index (χ1) is 9.19. The van der Waals surface area contributed by atoms with Gasteiger partial charge in [-0.25, -0.2) is 0 Å². The summed E-state index contributed by atoms with van der Waals surface area (Å²) < 4.78 is 5.77. The maximum absolute atomic E-state index is 5.77. The van der Waals surface area contributed by atoms with Gasteiger partial charge in [-0.3, -0.25) is 4.90 Å². The van der Waals surface area contributed by atoms with Crippen LogP contribution in [0.25, 0.3) is 0 Å². The molecular weight excluding hydrogens is 236 g/mol.